The van der Waals surface area contributed by atoms with Gasteiger partial charge < -0.3 is 10.4 Å². The molecule has 1 aromatic rings. The third kappa shape index (κ3) is 2.29. The predicted octanol–water partition coefficient (Wildman–Crippen LogP) is 1.22. The van der Waals surface area contributed by atoms with Crippen molar-refractivity contribution < 1.29 is 28.4 Å². The molecule has 2 rings (SSSR count). The zero-order valence-electron chi connectivity index (χ0n) is 9.85. The van der Waals surface area contributed by atoms with Gasteiger partial charge in [-0.15, -0.1) is 0 Å². The Balaban J connectivity index is 2.30. The fourth-order valence-corrected chi connectivity index (χ4v) is 1.65. The minimum absolute atomic E-state index is 0.186. The molecule has 0 radical (unpaired) electrons. The molecule has 20 heavy (non-hydrogen) atoms. The summed E-state index contributed by atoms with van der Waals surface area (Å²) in [5.74, 6) is -5.07. The lowest BCUT2D eigenvalue weighted by atomic mass is 10.1. The number of hydrogen-bond donors (Lipinski definition) is 2. The summed E-state index contributed by atoms with van der Waals surface area (Å²) in [5, 5.41) is 21.4. The van der Waals surface area contributed by atoms with Gasteiger partial charge in [0.2, 0.25) is 5.82 Å². The van der Waals surface area contributed by atoms with Gasteiger partial charge in [-0.05, 0) is 18.9 Å². The fraction of sp³-hybridized carbons (Fsp3) is 0.273. The Kier molecular flexibility index (Phi) is 3.12. The molecule has 0 unspecified atom stereocenters. The van der Waals surface area contributed by atoms with E-state index in [0.717, 1.165) is 0 Å². The molecule has 0 saturated heterocycles. The maximum absolute atomic E-state index is 13.6. The van der Waals surface area contributed by atoms with E-state index < -0.39 is 45.2 Å². The maximum atomic E-state index is 13.6. The lowest BCUT2D eigenvalue weighted by molar-refractivity contribution is -0.387. The van der Waals surface area contributed by atoms with Crippen molar-refractivity contribution in [2.45, 2.75) is 18.4 Å². The summed E-state index contributed by atoms with van der Waals surface area (Å²) in [7, 11) is 0. The molecule has 1 aliphatic rings. The predicted molar refractivity (Wildman–Crippen MR) is 60.1 cm³/mol. The number of nitro benzene ring substituents is 1. The van der Waals surface area contributed by atoms with E-state index in [-0.39, 0.29) is 18.9 Å². The van der Waals surface area contributed by atoms with Crippen LogP contribution in [0, 0.1) is 21.7 Å². The van der Waals surface area contributed by atoms with Crippen LogP contribution in [-0.4, -0.2) is 27.4 Å². The summed E-state index contributed by atoms with van der Waals surface area (Å²) in [5.41, 5.74) is -3.33. The highest BCUT2D eigenvalue weighted by Gasteiger charge is 2.52. The Bertz CT molecular complexity index is 627. The number of carboxylic acid groups (broad SMARTS) is 1. The van der Waals surface area contributed by atoms with Crippen LogP contribution in [0.4, 0.5) is 14.5 Å². The van der Waals surface area contributed by atoms with Crippen molar-refractivity contribution in [2.75, 3.05) is 0 Å². The quantitative estimate of drug-likeness (QED) is 0.638. The summed E-state index contributed by atoms with van der Waals surface area (Å²) in [4.78, 5) is 31.9. The minimum Gasteiger partial charge on any atom is -0.480 e. The molecule has 0 aliphatic heterocycles. The Morgan fingerprint density at radius 3 is 2.35 bits per heavy atom. The summed E-state index contributed by atoms with van der Waals surface area (Å²) in [6.07, 6.45) is 0.371. The summed E-state index contributed by atoms with van der Waals surface area (Å²) < 4.78 is 26.9. The molecule has 7 nitrogen and oxygen atoms in total. The number of carbonyl (C=O) groups is 2. The smallest absolute Gasteiger partial charge is 0.329 e. The highest BCUT2D eigenvalue weighted by molar-refractivity contribution is 5.99. The Hall–Kier alpha value is -2.58. The van der Waals surface area contributed by atoms with Crippen LogP contribution in [-0.2, 0) is 4.79 Å². The number of rotatable bonds is 4. The van der Waals surface area contributed by atoms with Crippen molar-refractivity contribution >= 4 is 17.6 Å². The molecule has 0 aromatic heterocycles. The van der Waals surface area contributed by atoms with Gasteiger partial charge in [-0.3, -0.25) is 14.9 Å². The van der Waals surface area contributed by atoms with Gasteiger partial charge in [-0.25, -0.2) is 9.18 Å². The van der Waals surface area contributed by atoms with E-state index in [2.05, 4.69) is 5.32 Å². The van der Waals surface area contributed by atoms with Crippen molar-refractivity contribution in [1.82, 2.24) is 5.32 Å². The largest absolute Gasteiger partial charge is 0.480 e. The number of nitrogens with one attached hydrogen (secondary N) is 1. The van der Waals surface area contributed by atoms with E-state index in [1.807, 2.05) is 0 Å². The molecule has 0 heterocycles. The third-order valence-corrected chi connectivity index (χ3v) is 2.99. The number of nitro groups is 1. The van der Waals surface area contributed by atoms with Crippen LogP contribution < -0.4 is 5.32 Å². The van der Waals surface area contributed by atoms with Crippen LogP contribution >= 0.6 is 0 Å². The number of benzene rings is 1. The highest BCUT2D eigenvalue weighted by Crippen LogP contribution is 2.36. The number of halogens is 2. The van der Waals surface area contributed by atoms with E-state index in [9.17, 15) is 28.5 Å². The minimum atomic E-state index is -1.46. The average Bonchev–Trinajstić information content (AvgIpc) is 3.12. The highest BCUT2D eigenvalue weighted by atomic mass is 19.1. The van der Waals surface area contributed by atoms with Gasteiger partial charge in [0, 0.05) is 0 Å². The first-order chi connectivity index (χ1) is 9.27. The second-order valence-corrected chi connectivity index (χ2v) is 4.38. The second-order valence-electron chi connectivity index (χ2n) is 4.38. The molecule has 9 heteroatoms. The van der Waals surface area contributed by atoms with Gasteiger partial charge in [-0.1, -0.05) is 0 Å². The normalized spacial score (nSPS) is 15.5. The van der Waals surface area contributed by atoms with Gasteiger partial charge in [0.15, 0.2) is 0 Å². The topological polar surface area (TPSA) is 110 Å². The average molecular weight is 286 g/mol. The summed E-state index contributed by atoms with van der Waals surface area (Å²) >= 11 is 0. The maximum Gasteiger partial charge on any atom is 0.329 e. The van der Waals surface area contributed by atoms with Gasteiger partial charge in [0.1, 0.15) is 11.4 Å². The number of hydrogen-bond acceptors (Lipinski definition) is 4. The van der Waals surface area contributed by atoms with Gasteiger partial charge >= 0.3 is 11.7 Å². The standard InChI is InChI=1S/C11H8F2N2O5/c12-6-4-8(15(19)20)7(13)3-5(6)9(16)14-11(1-2-11)10(17)18/h3-4H,1-2H2,(H,14,16)(H,17,18). The second kappa shape index (κ2) is 4.51. The molecular formula is C11H8F2N2O5. The van der Waals surface area contributed by atoms with Crippen LogP contribution in [0.2, 0.25) is 0 Å². The molecule has 106 valence electrons. The van der Waals surface area contributed by atoms with E-state index in [1.165, 1.54) is 0 Å². The summed E-state index contributed by atoms with van der Waals surface area (Å²) in [6, 6.07) is 0.658. The van der Waals surface area contributed by atoms with Crippen molar-refractivity contribution in [3.8, 4) is 0 Å². The fourth-order valence-electron chi connectivity index (χ4n) is 1.65. The first-order valence-corrected chi connectivity index (χ1v) is 5.46. The molecule has 0 spiro atoms. The number of aliphatic carboxylic acids is 1. The van der Waals surface area contributed by atoms with Crippen LogP contribution in [0.15, 0.2) is 12.1 Å². The number of carboxylic acids is 1. The lowest BCUT2D eigenvalue weighted by Gasteiger charge is -2.12. The molecule has 0 bridgehead atoms. The van der Waals surface area contributed by atoms with Crippen molar-refractivity contribution in [3.63, 3.8) is 0 Å². The van der Waals surface area contributed by atoms with Crippen molar-refractivity contribution in [1.29, 1.82) is 0 Å². The summed E-state index contributed by atoms with van der Waals surface area (Å²) in [6.45, 7) is 0. The zero-order chi connectivity index (χ0) is 15.1. The lowest BCUT2D eigenvalue weighted by Crippen LogP contribution is -2.43. The zero-order valence-corrected chi connectivity index (χ0v) is 9.85. The van der Waals surface area contributed by atoms with Crippen molar-refractivity contribution in [2.24, 2.45) is 0 Å². The van der Waals surface area contributed by atoms with Crippen LogP contribution in [0.3, 0.4) is 0 Å². The van der Waals surface area contributed by atoms with Gasteiger partial charge in [-0.2, -0.15) is 4.39 Å². The van der Waals surface area contributed by atoms with Crippen LogP contribution in [0.1, 0.15) is 23.2 Å². The van der Waals surface area contributed by atoms with Crippen molar-refractivity contribution in [3.05, 3.63) is 39.4 Å². The molecule has 1 aromatic carbocycles. The molecule has 1 saturated carbocycles. The van der Waals surface area contributed by atoms with Gasteiger partial charge in [0.25, 0.3) is 5.91 Å². The third-order valence-electron chi connectivity index (χ3n) is 2.99. The first kappa shape index (κ1) is 13.8. The van der Waals surface area contributed by atoms with Gasteiger partial charge in [0.05, 0.1) is 16.6 Å². The van der Waals surface area contributed by atoms with Crippen LogP contribution in [0.25, 0.3) is 0 Å². The van der Waals surface area contributed by atoms with E-state index in [1.54, 1.807) is 0 Å². The molecule has 2 N–H and O–H groups in total. The number of nitrogens with zero attached hydrogens (tertiary/aromatic N) is 1. The molecule has 1 amide bonds. The van der Waals surface area contributed by atoms with E-state index in [0.29, 0.717) is 6.07 Å². The van der Waals surface area contributed by atoms with Crippen LogP contribution in [0.5, 0.6) is 0 Å². The molecular weight excluding hydrogens is 278 g/mol. The monoisotopic (exact) mass is 286 g/mol. The SMILES string of the molecule is O=C(NC1(C(=O)O)CC1)c1cc(F)c([N+](=O)[O-])cc1F. The Morgan fingerprint density at radius 1 is 1.30 bits per heavy atom. The Labute approximate surface area is 110 Å². The first-order valence-electron chi connectivity index (χ1n) is 5.46. The molecule has 1 aliphatic carbocycles. The molecule has 0 atom stereocenters. The number of carbonyl (C=O) groups excluding carboxylic acids is 1. The molecule has 1 fully saturated rings. The number of amides is 1. The van der Waals surface area contributed by atoms with E-state index in [4.69, 9.17) is 5.11 Å². The Morgan fingerprint density at radius 2 is 1.90 bits per heavy atom. The van der Waals surface area contributed by atoms with E-state index >= 15 is 0 Å².